The number of carbonyl (C=O) groups is 3. The Hall–Kier alpha value is -4.37. The first-order chi connectivity index (χ1) is 26.5. The lowest BCUT2D eigenvalue weighted by Gasteiger charge is -2.42. The molecule has 13 nitrogen and oxygen atoms in total. The molecular weight excluding hydrogens is 719 g/mol. The van der Waals surface area contributed by atoms with Crippen molar-refractivity contribution in [2.45, 2.75) is 97.0 Å². The van der Waals surface area contributed by atoms with Crippen LogP contribution in [0.1, 0.15) is 75.7 Å². The largest absolute Gasteiger partial charge is 0.464 e. The molecule has 0 aliphatic carbocycles. The lowest BCUT2D eigenvalue weighted by molar-refractivity contribution is -0.155. The molecule has 14 heteroatoms. The number of urea groups is 1. The molecule has 294 valence electrons. The van der Waals surface area contributed by atoms with Crippen molar-refractivity contribution in [3.8, 4) is 22.5 Å². The van der Waals surface area contributed by atoms with Crippen molar-refractivity contribution in [2.24, 2.45) is 5.41 Å². The van der Waals surface area contributed by atoms with Crippen molar-refractivity contribution in [3.63, 3.8) is 0 Å². The number of nitrogens with zero attached hydrogens (tertiary/aromatic N) is 5. The predicted molar refractivity (Wildman–Crippen MR) is 211 cm³/mol. The Morgan fingerprint density at radius 2 is 2.02 bits per heavy atom. The molecular formula is C41H53N7O6S. The van der Waals surface area contributed by atoms with Gasteiger partial charge in [-0.1, -0.05) is 19.9 Å². The number of aryl methyl sites for hydroxylation is 1. The Bertz CT molecular complexity index is 2040. The number of carbonyl (C=O) groups excluding carboxylic acids is 3. The number of esters is 1. The van der Waals surface area contributed by atoms with Crippen molar-refractivity contribution in [1.29, 1.82) is 0 Å². The van der Waals surface area contributed by atoms with Gasteiger partial charge in [0.05, 0.1) is 34.8 Å². The molecule has 2 saturated heterocycles. The number of thiazole rings is 1. The maximum atomic E-state index is 14.2. The van der Waals surface area contributed by atoms with Crippen molar-refractivity contribution in [1.82, 2.24) is 35.2 Å². The van der Waals surface area contributed by atoms with Crippen LogP contribution < -0.4 is 10.7 Å². The first kappa shape index (κ1) is 38.9. The van der Waals surface area contributed by atoms with Crippen LogP contribution in [0.15, 0.2) is 41.9 Å². The number of aromatic nitrogens is 3. The molecule has 2 N–H and O–H groups in total. The average molecular weight is 772 g/mol. The third kappa shape index (κ3) is 8.00. The van der Waals surface area contributed by atoms with Gasteiger partial charge in [-0.05, 0) is 75.8 Å². The summed E-state index contributed by atoms with van der Waals surface area (Å²) in [5.41, 5.74) is 9.61. The van der Waals surface area contributed by atoms with Crippen LogP contribution in [0.25, 0.3) is 33.4 Å². The van der Waals surface area contributed by atoms with Crippen LogP contribution in [0.2, 0.25) is 0 Å². The second kappa shape index (κ2) is 16.4. The third-order valence-corrected chi connectivity index (χ3v) is 12.1. The maximum absolute atomic E-state index is 14.2. The number of hydrogen-bond donors (Lipinski definition) is 2. The first-order valence-electron chi connectivity index (χ1n) is 19.4. The molecule has 0 unspecified atom stereocenters. The van der Waals surface area contributed by atoms with Gasteiger partial charge in [0.25, 0.3) is 5.91 Å². The van der Waals surface area contributed by atoms with Gasteiger partial charge in [0, 0.05) is 91.9 Å². The van der Waals surface area contributed by atoms with E-state index >= 15 is 0 Å². The Morgan fingerprint density at radius 3 is 2.76 bits per heavy atom. The fourth-order valence-corrected chi connectivity index (χ4v) is 8.91. The quantitative estimate of drug-likeness (QED) is 0.210. The standard InChI is InChI=1S/C41H53N7O6S/c1-7-46-34-13-12-26-20-29(34)30(37(46)28-10-8-16-42-36(28)25(2)53-6)22-41(3,4)24-54-39(50)31-11-9-17-48(45-31)38(49)32(21-35-43-33(26)23-55-35)44-40(51)47-18-14-27(47)15-19-52-5/h8,10,12-13,16,20,23,25,27,31-32,45H,7,9,11,14-15,17-19,21-22,24H2,1-6H3,(H,44,51)/t25-,27-,31-,32-/m0/s1. The van der Waals surface area contributed by atoms with Gasteiger partial charge in [0.15, 0.2) is 0 Å². The lowest BCUT2D eigenvalue weighted by Crippen LogP contribution is -2.63. The molecule has 7 rings (SSSR count). The molecule has 3 amide bonds. The van der Waals surface area contributed by atoms with Crippen molar-refractivity contribution in [2.75, 3.05) is 40.5 Å². The summed E-state index contributed by atoms with van der Waals surface area (Å²) in [7, 11) is 3.35. The van der Waals surface area contributed by atoms with Crippen LogP contribution in [0.3, 0.4) is 0 Å². The van der Waals surface area contributed by atoms with Crippen LogP contribution >= 0.6 is 11.3 Å². The van der Waals surface area contributed by atoms with Gasteiger partial charge in [-0.2, -0.15) is 0 Å². The maximum Gasteiger partial charge on any atom is 0.324 e. The summed E-state index contributed by atoms with van der Waals surface area (Å²) in [5.74, 6) is -0.713. The van der Waals surface area contributed by atoms with Gasteiger partial charge >= 0.3 is 12.0 Å². The molecule has 0 spiro atoms. The van der Waals surface area contributed by atoms with E-state index in [2.05, 4.69) is 60.3 Å². The minimum absolute atomic E-state index is 0.0632. The predicted octanol–water partition coefficient (Wildman–Crippen LogP) is 5.91. The second-order valence-electron chi connectivity index (χ2n) is 15.6. The summed E-state index contributed by atoms with van der Waals surface area (Å²) < 4.78 is 19.5. The molecule has 4 atom stereocenters. The van der Waals surface area contributed by atoms with E-state index in [9.17, 15) is 14.4 Å². The van der Waals surface area contributed by atoms with E-state index in [1.54, 1.807) is 25.3 Å². The number of cyclic esters (lactones) is 1. The molecule has 3 aromatic heterocycles. The molecule has 1 aromatic carbocycles. The van der Waals surface area contributed by atoms with E-state index < -0.39 is 23.5 Å². The highest BCUT2D eigenvalue weighted by Gasteiger charge is 2.38. The minimum Gasteiger partial charge on any atom is -0.464 e. The molecule has 3 aliphatic heterocycles. The zero-order chi connectivity index (χ0) is 38.9. The summed E-state index contributed by atoms with van der Waals surface area (Å²) in [6, 6.07) is 8.71. The molecule has 2 fully saturated rings. The fourth-order valence-electron chi connectivity index (χ4n) is 8.06. The number of ether oxygens (including phenoxy) is 3. The van der Waals surface area contributed by atoms with Gasteiger partial charge in [0.2, 0.25) is 0 Å². The van der Waals surface area contributed by atoms with E-state index in [0.29, 0.717) is 39.0 Å². The highest BCUT2D eigenvalue weighted by atomic mass is 32.1. The van der Waals surface area contributed by atoms with Gasteiger partial charge in [-0.3, -0.25) is 19.6 Å². The zero-order valence-corrected chi connectivity index (χ0v) is 33.5. The molecule has 6 heterocycles. The van der Waals surface area contributed by atoms with Gasteiger partial charge in [-0.15, -0.1) is 11.3 Å². The molecule has 55 heavy (non-hydrogen) atoms. The summed E-state index contributed by atoms with van der Waals surface area (Å²) >= 11 is 1.47. The van der Waals surface area contributed by atoms with Crippen molar-refractivity contribution < 1.29 is 28.6 Å². The number of methoxy groups -OCH3 is 2. The first-order valence-corrected chi connectivity index (χ1v) is 20.3. The summed E-state index contributed by atoms with van der Waals surface area (Å²) in [4.78, 5) is 53.1. The van der Waals surface area contributed by atoms with E-state index in [-0.39, 0.29) is 37.1 Å². The summed E-state index contributed by atoms with van der Waals surface area (Å²) in [5, 5.41) is 8.35. The molecule has 4 aromatic rings. The highest BCUT2D eigenvalue weighted by Crippen LogP contribution is 2.42. The number of rotatable bonds is 8. The molecule has 0 saturated carbocycles. The van der Waals surface area contributed by atoms with Gasteiger partial charge in [-0.25, -0.2) is 15.2 Å². The van der Waals surface area contributed by atoms with Crippen molar-refractivity contribution >= 4 is 40.1 Å². The minimum atomic E-state index is -0.895. The van der Waals surface area contributed by atoms with Gasteiger partial charge in [0.1, 0.15) is 12.1 Å². The zero-order valence-electron chi connectivity index (χ0n) is 32.7. The third-order valence-electron chi connectivity index (χ3n) is 11.2. The smallest absolute Gasteiger partial charge is 0.324 e. The number of pyridine rings is 1. The Kier molecular flexibility index (Phi) is 11.6. The van der Waals surface area contributed by atoms with E-state index in [1.165, 1.54) is 16.3 Å². The summed E-state index contributed by atoms with van der Waals surface area (Å²) in [6.45, 7) is 10.9. The summed E-state index contributed by atoms with van der Waals surface area (Å²) in [6.07, 6.45) is 5.17. The van der Waals surface area contributed by atoms with Gasteiger partial charge < -0.3 is 29.0 Å². The van der Waals surface area contributed by atoms with Crippen LogP contribution in [-0.4, -0.2) is 101 Å². The normalized spacial score (nSPS) is 22.2. The number of likely N-dealkylation sites (tertiary alicyclic amines) is 1. The Labute approximate surface area is 326 Å². The number of hydrazine groups is 1. The second-order valence-corrected chi connectivity index (χ2v) is 16.6. The number of fused-ring (bicyclic) bond motifs is 6. The molecule has 0 radical (unpaired) electrons. The number of amides is 3. The van der Waals surface area contributed by atoms with Crippen LogP contribution in [0.4, 0.5) is 4.79 Å². The topological polar surface area (TPSA) is 140 Å². The SMILES string of the molecule is CCn1c(-c2cccnc2[C@H](C)OC)c2c3cc(ccc31)-c1csc(n1)C[C@H](NC(=O)N1CC[C@H]1CCOC)C(=O)N1CCC[C@H](N1)C(=O)OCC(C)(C)C2. The fraction of sp³-hybridized carbons (Fsp3) is 0.537. The van der Waals surface area contributed by atoms with Crippen LogP contribution in [0, 0.1) is 5.41 Å². The number of nitrogens with one attached hydrogen (secondary N) is 2. The molecule has 3 aliphatic rings. The Morgan fingerprint density at radius 1 is 1.18 bits per heavy atom. The highest BCUT2D eigenvalue weighted by molar-refractivity contribution is 7.10. The van der Waals surface area contributed by atoms with Crippen LogP contribution in [-0.2, 0) is 43.2 Å². The van der Waals surface area contributed by atoms with E-state index in [0.717, 1.165) is 69.1 Å². The average Bonchev–Trinajstić information content (AvgIpc) is 3.77. The number of benzene rings is 1. The van der Waals surface area contributed by atoms with E-state index in [1.807, 2.05) is 18.4 Å². The van der Waals surface area contributed by atoms with Crippen LogP contribution in [0.5, 0.6) is 0 Å². The Balaban J connectivity index is 1.31. The van der Waals surface area contributed by atoms with E-state index in [4.69, 9.17) is 24.2 Å². The van der Waals surface area contributed by atoms with Crippen molar-refractivity contribution in [3.05, 3.63) is 58.2 Å². The lowest BCUT2D eigenvalue weighted by atomic mass is 9.84. The monoisotopic (exact) mass is 771 g/mol. The number of hydrogen-bond acceptors (Lipinski definition) is 10. The molecule has 6 bridgehead atoms.